The molecule has 17 rings (SSSR count). The topological polar surface area (TPSA) is 406 Å². The number of carbonyl (C=O) groups is 3. The van der Waals surface area contributed by atoms with E-state index in [-0.39, 0.29) is 35.6 Å². The predicted molar refractivity (Wildman–Crippen MR) is 463 cm³/mol. The zero-order chi connectivity index (χ0) is 82.4. The molecular weight excluding hydrogens is 1500 g/mol. The van der Waals surface area contributed by atoms with Crippen molar-refractivity contribution in [3.8, 4) is 23.3 Å². The van der Waals surface area contributed by atoms with Gasteiger partial charge in [0.1, 0.15) is 0 Å². The molecule has 12 heterocycles. The second kappa shape index (κ2) is 40.1. The van der Waals surface area contributed by atoms with Crippen molar-refractivity contribution < 1.29 is 14.4 Å². The van der Waals surface area contributed by atoms with Gasteiger partial charge in [-0.15, -0.1) is 20.4 Å². The van der Waals surface area contributed by atoms with E-state index in [1.54, 1.807) is 55.1 Å². The highest BCUT2D eigenvalue weighted by atomic mass is 16.2. The Kier molecular flexibility index (Phi) is 27.7. The zero-order valence-electron chi connectivity index (χ0n) is 67.7. The fraction of sp³-hybridized carbons (Fsp3) is 0.360. The molecule has 119 heavy (non-hydrogen) atoms. The molecule has 12 aromatic rings. The summed E-state index contributed by atoms with van der Waals surface area (Å²) in [7, 11) is 4.19. The van der Waals surface area contributed by atoms with Gasteiger partial charge in [-0.05, 0) is 275 Å². The number of benzene rings is 4. The molecule has 33 nitrogen and oxygen atoms in total. The quantitative estimate of drug-likeness (QED) is 0.0285. The van der Waals surface area contributed by atoms with E-state index in [0.717, 1.165) is 93.6 Å². The maximum atomic E-state index is 12.8. The average molecular weight is 1610 g/mol. The van der Waals surface area contributed by atoms with Crippen molar-refractivity contribution in [3.05, 3.63) is 217 Å². The van der Waals surface area contributed by atoms with Gasteiger partial charge in [-0.25, -0.2) is 19.9 Å². The summed E-state index contributed by atoms with van der Waals surface area (Å²) in [6, 6.07) is 54.6. The van der Waals surface area contributed by atoms with Crippen molar-refractivity contribution in [1.82, 2.24) is 109 Å². The summed E-state index contributed by atoms with van der Waals surface area (Å²) in [5.41, 5.74) is 30.6. The van der Waals surface area contributed by atoms with E-state index in [1.807, 2.05) is 125 Å². The summed E-state index contributed by atoms with van der Waals surface area (Å²) in [4.78, 5) is 83.0. The van der Waals surface area contributed by atoms with Gasteiger partial charge in [-0.1, -0.05) is 42.8 Å². The molecule has 0 bridgehead atoms. The van der Waals surface area contributed by atoms with E-state index < -0.39 is 0 Å². The third-order valence-electron chi connectivity index (χ3n) is 22.1. The molecule has 4 saturated heterocycles. The van der Waals surface area contributed by atoms with Crippen LogP contribution in [0.15, 0.2) is 195 Å². The Bertz CT molecular complexity index is 5180. The first-order valence-corrected chi connectivity index (χ1v) is 41.1. The molecule has 1 aliphatic carbocycles. The van der Waals surface area contributed by atoms with E-state index >= 15 is 0 Å². The first kappa shape index (κ1) is 82.3. The first-order chi connectivity index (χ1) is 58.1. The molecule has 13 N–H and O–H groups in total. The monoisotopic (exact) mass is 1610 g/mol. The number of hydrogen-bond acceptors (Lipinski definition) is 26. The number of anilines is 12. The summed E-state index contributed by atoms with van der Waals surface area (Å²) in [6.07, 6.45) is 24.9. The van der Waals surface area contributed by atoms with Crippen LogP contribution in [0.1, 0.15) is 146 Å². The number of piperidine rings is 3. The van der Waals surface area contributed by atoms with Gasteiger partial charge in [0.25, 0.3) is 17.7 Å². The molecule has 1 saturated carbocycles. The Labute approximate surface area is 692 Å². The molecule has 0 radical (unpaired) electrons. The van der Waals surface area contributed by atoms with Gasteiger partial charge in [0.15, 0.2) is 23.3 Å². The van der Waals surface area contributed by atoms with Gasteiger partial charge < -0.3 is 74.0 Å². The summed E-state index contributed by atoms with van der Waals surface area (Å²) < 4.78 is 5.94. The maximum absolute atomic E-state index is 12.8. The number of nitrogens with zero attached hydrogens (tertiary/aromatic N) is 21. The van der Waals surface area contributed by atoms with E-state index in [0.29, 0.717) is 94.2 Å². The molecule has 1 unspecified atom stereocenters. The standard InChI is InChI=1S/C23H30N8O.C23H29N7.C21H26N8O.C19H21N7O/c1-17-7-3-5-15-30(17)16-6-14-26-21(32)18-9-11-19(12-10-18)27-23-28-22(24)31(29-23)20-8-2-4-13-25-20;24-22-27-23(28-30(22)21-5-1-2-14-25-21)26-19-10-6-17(7-11-19)18-8-12-20(13-9-18)29-15-3-4-16-29;1-27(2)17-10-13-28(14-11-17)19(30)15-6-8-16(9-7-15)24-21-25-20(22)29(26-21)18-5-3-4-12-23-18;20-18-23-19(24-26(18)16-6-2-3-11-21-16)22-15-9-7-14(8-10-15)17(27)25-12-4-1-5-13-25/h2,4,8-13,17H,3,5-7,14-16H2,1H3,(H,26,32)(H3,24,27,28,29);1-2,5-7,10-11,14,18,20H,3-4,8-9,12-13,15-16H2,(H3,24,26,27,28);3-9,12,17H,10-11,13-14H2,1-2H3,(H3,22,24,25,26);2-3,6-11H,1,4-5,12-13H2,(H3,20,22,23,24). The Hall–Kier alpha value is -13.3. The lowest BCUT2D eigenvalue weighted by Crippen LogP contribution is -2.44. The molecule has 4 aromatic carbocycles. The molecule has 33 heteroatoms. The van der Waals surface area contributed by atoms with Crippen LogP contribution in [0.25, 0.3) is 23.3 Å². The Morgan fingerprint density at radius 2 is 0.773 bits per heavy atom. The summed E-state index contributed by atoms with van der Waals surface area (Å²) in [5, 5.41) is 33.1. The lowest BCUT2D eigenvalue weighted by Gasteiger charge is -2.35. The molecule has 4 aliphatic heterocycles. The number of likely N-dealkylation sites (tertiary alicyclic amines) is 4. The number of rotatable bonds is 22. The minimum absolute atomic E-state index is 0.0648. The van der Waals surface area contributed by atoms with Crippen molar-refractivity contribution in [2.24, 2.45) is 0 Å². The van der Waals surface area contributed by atoms with Gasteiger partial charge in [-0.3, -0.25) is 14.4 Å². The summed E-state index contributed by atoms with van der Waals surface area (Å²) in [5.74, 6) is 5.78. The highest BCUT2D eigenvalue weighted by Gasteiger charge is 2.30. The second-order valence-corrected chi connectivity index (χ2v) is 30.5. The molecule has 0 spiro atoms. The fourth-order valence-electron chi connectivity index (χ4n) is 15.6. The normalized spacial score (nSPS) is 17.0. The molecule has 5 aliphatic rings. The maximum Gasteiger partial charge on any atom is 0.253 e. The number of amides is 3. The van der Waals surface area contributed by atoms with Crippen LogP contribution in [-0.2, 0) is 0 Å². The number of pyridine rings is 4. The van der Waals surface area contributed by atoms with Crippen LogP contribution < -0.4 is 49.5 Å². The highest BCUT2D eigenvalue weighted by molar-refractivity contribution is 5.96. The van der Waals surface area contributed by atoms with Gasteiger partial charge in [0.2, 0.25) is 47.6 Å². The van der Waals surface area contributed by atoms with Crippen LogP contribution in [0.4, 0.5) is 70.3 Å². The summed E-state index contributed by atoms with van der Waals surface area (Å²) >= 11 is 0. The van der Waals surface area contributed by atoms with E-state index in [2.05, 4.69) is 147 Å². The Morgan fingerprint density at radius 1 is 0.403 bits per heavy atom. The fourth-order valence-corrected chi connectivity index (χ4v) is 15.6. The SMILES string of the molecule is CC1CCCCN1CCCNC(=O)c1ccc(Nc2nc(N)n(-c3ccccn3)n2)cc1.CN(C)C1CCN(C(=O)c2ccc(Nc3nc(N)n(-c4ccccn4)n3)cc2)CC1.Nc1nc(Nc2ccc(C(=O)N3CCCCC3)cc2)nn1-c1ccccn1.Nc1nc(Nc2ccc(C3CCC(N4CCCC4)CC3)cc2)nn1-c1ccccn1. The van der Waals surface area contributed by atoms with Crippen molar-refractivity contribution >= 4 is 88.1 Å². The average Bonchev–Trinajstić information content (AvgIpc) is 1.83. The first-order valence-electron chi connectivity index (χ1n) is 41.1. The van der Waals surface area contributed by atoms with E-state index in [1.165, 1.54) is 108 Å². The number of nitrogens with two attached hydrogens (primary N) is 4. The lowest BCUT2D eigenvalue weighted by atomic mass is 9.81. The third-order valence-corrected chi connectivity index (χ3v) is 22.1. The number of nitrogen functional groups attached to an aromatic ring is 4. The number of nitrogens with one attached hydrogen (secondary N) is 5. The lowest BCUT2D eigenvalue weighted by molar-refractivity contribution is 0.0662. The van der Waals surface area contributed by atoms with E-state index in [9.17, 15) is 14.4 Å². The highest BCUT2D eigenvalue weighted by Crippen LogP contribution is 2.37. The van der Waals surface area contributed by atoms with Crippen LogP contribution >= 0.6 is 0 Å². The van der Waals surface area contributed by atoms with Gasteiger partial charge in [-0.2, -0.15) is 38.7 Å². The molecule has 3 amide bonds. The molecule has 618 valence electrons. The van der Waals surface area contributed by atoms with Gasteiger partial charge in [0.05, 0.1) is 0 Å². The van der Waals surface area contributed by atoms with Crippen LogP contribution in [0.5, 0.6) is 0 Å². The van der Waals surface area contributed by atoms with Gasteiger partial charge >= 0.3 is 0 Å². The Balaban J connectivity index is 0.000000130. The number of carbonyl (C=O) groups excluding carboxylic acids is 3. The summed E-state index contributed by atoms with van der Waals surface area (Å²) in [6.45, 7) is 11.0. The number of aromatic nitrogens is 16. The van der Waals surface area contributed by atoms with Gasteiger partial charge in [0, 0.05) is 122 Å². The van der Waals surface area contributed by atoms with Crippen molar-refractivity contribution in [2.45, 2.75) is 127 Å². The third kappa shape index (κ3) is 22.1. The second-order valence-electron chi connectivity index (χ2n) is 30.5. The van der Waals surface area contributed by atoms with Crippen LogP contribution in [-0.4, -0.2) is 212 Å². The van der Waals surface area contributed by atoms with E-state index in [4.69, 9.17) is 22.9 Å². The predicted octanol–water partition coefficient (Wildman–Crippen LogP) is 11.9. The minimum Gasteiger partial charge on any atom is -0.368 e. The van der Waals surface area contributed by atoms with Crippen LogP contribution in [0, 0.1) is 0 Å². The molecule has 1 atom stereocenters. The largest absolute Gasteiger partial charge is 0.368 e. The Morgan fingerprint density at radius 3 is 1.15 bits per heavy atom. The van der Waals surface area contributed by atoms with Crippen molar-refractivity contribution in [1.29, 1.82) is 0 Å². The smallest absolute Gasteiger partial charge is 0.253 e. The minimum atomic E-state index is -0.0648. The van der Waals surface area contributed by atoms with Crippen LogP contribution in [0.3, 0.4) is 0 Å². The molecule has 5 fully saturated rings. The molecule has 8 aromatic heterocycles. The van der Waals surface area contributed by atoms with Crippen LogP contribution in [0.2, 0.25) is 0 Å². The van der Waals surface area contributed by atoms with Crippen molar-refractivity contribution in [2.75, 3.05) is 117 Å². The number of hydrogen-bond donors (Lipinski definition) is 9. The molecular formula is C86H106N30O3. The zero-order valence-corrected chi connectivity index (χ0v) is 67.7. The van der Waals surface area contributed by atoms with Crippen molar-refractivity contribution in [3.63, 3.8) is 0 Å².